The Balaban J connectivity index is 1.56. The summed E-state index contributed by atoms with van der Waals surface area (Å²) < 4.78 is 7.47. The van der Waals surface area contributed by atoms with Gasteiger partial charge in [0, 0.05) is 37.8 Å². The van der Waals surface area contributed by atoms with E-state index in [9.17, 15) is 9.59 Å². The van der Waals surface area contributed by atoms with Crippen LogP contribution >= 0.6 is 45.8 Å². The SMILES string of the molecule is O=C1C[C@@H](C2C=CC=C(Cl)C2)[C@]2(C(=O)Nc3cc(Cl)ccc32)[C@H](c2cc(I)ccc2OC2CCNC2)N1. The van der Waals surface area contributed by atoms with E-state index in [1.807, 2.05) is 42.5 Å². The van der Waals surface area contributed by atoms with Crippen molar-refractivity contribution >= 4 is 63.3 Å². The molecule has 9 heteroatoms. The third-order valence-corrected chi connectivity index (χ3v) is 9.16. The number of carbonyl (C=O) groups excluding carboxylic acids is 2. The van der Waals surface area contributed by atoms with Crippen LogP contribution in [0.25, 0.3) is 0 Å². The van der Waals surface area contributed by atoms with Crippen LogP contribution in [-0.4, -0.2) is 31.0 Å². The van der Waals surface area contributed by atoms with Gasteiger partial charge < -0.3 is 20.7 Å². The molecule has 6 rings (SSSR count). The van der Waals surface area contributed by atoms with E-state index in [2.05, 4.69) is 44.6 Å². The molecule has 2 fully saturated rings. The maximum Gasteiger partial charge on any atom is 0.237 e. The number of piperidine rings is 1. The van der Waals surface area contributed by atoms with E-state index in [4.69, 9.17) is 27.9 Å². The fraction of sp³-hybridized carbons (Fsp3) is 0.357. The number of allylic oxidation sites excluding steroid dienone is 4. The number of nitrogens with one attached hydrogen (secondary N) is 3. The summed E-state index contributed by atoms with van der Waals surface area (Å²) in [4.78, 5) is 27.6. The molecule has 5 atom stereocenters. The molecule has 1 spiro atoms. The van der Waals surface area contributed by atoms with Gasteiger partial charge in [-0.2, -0.15) is 0 Å². The zero-order chi connectivity index (χ0) is 25.7. The lowest BCUT2D eigenvalue weighted by Crippen LogP contribution is -2.59. The van der Waals surface area contributed by atoms with Gasteiger partial charge in [-0.3, -0.25) is 9.59 Å². The van der Waals surface area contributed by atoms with E-state index >= 15 is 0 Å². The fourth-order valence-corrected chi connectivity index (χ4v) is 7.34. The Morgan fingerprint density at radius 1 is 1.08 bits per heavy atom. The van der Waals surface area contributed by atoms with E-state index in [1.54, 1.807) is 6.07 Å². The normalized spacial score (nSPS) is 30.6. The van der Waals surface area contributed by atoms with Crippen molar-refractivity contribution < 1.29 is 14.3 Å². The summed E-state index contributed by atoms with van der Waals surface area (Å²) in [5.74, 6) is 0.0241. The number of benzene rings is 2. The number of fused-ring (bicyclic) bond motifs is 2. The first-order chi connectivity index (χ1) is 17.9. The molecule has 4 aliphatic rings. The van der Waals surface area contributed by atoms with Crippen LogP contribution in [0.5, 0.6) is 5.75 Å². The van der Waals surface area contributed by atoms with E-state index < -0.39 is 11.5 Å². The van der Waals surface area contributed by atoms with Crippen LogP contribution in [0.3, 0.4) is 0 Å². The Morgan fingerprint density at radius 2 is 1.95 bits per heavy atom. The zero-order valence-corrected chi connectivity index (χ0v) is 23.6. The average molecular weight is 650 g/mol. The van der Waals surface area contributed by atoms with Crippen LogP contribution in [0.2, 0.25) is 5.02 Å². The second kappa shape index (κ2) is 9.91. The monoisotopic (exact) mass is 649 g/mol. The molecule has 3 N–H and O–H groups in total. The largest absolute Gasteiger partial charge is 0.489 e. The third-order valence-electron chi connectivity index (χ3n) is 7.98. The second-order valence-electron chi connectivity index (χ2n) is 10.1. The molecule has 1 aliphatic carbocycles. The average Bonchev–Trinajstić information content (AvgIpc) is 3.47. The minimum atomic E-state index is -1.08. The number of hydrogen-bond donors (Lipinski definition) is 3. The molecule has 0 bridgehead atoms. The molecule has 2 amide bonds. The van der Waals surface area contributed by atoms with Gasteiger partial charge in [-0.25, -0.2) is 0 Å². The predicted octanol–water partition coefficient (Wildman–Crippen LogP) is 5.45. The van der Waals surface area contributed by atoms with Gasteiger partial charge in [0.05, 0.1) is 6.04 Å². The molecule has 3 aliphatic heterocycles. The molecule has 2 aromatic carbocycles. The van der Waals surface area contributed by atoms with Crippen LogP contribution in [0.1, 0.15) is 36.4 Å². The maximum atomic E-state index is 14.3. The summed E-state index contributed by atoms with van der Waals surface area (Å²) in [6.07, 6.45) is 7.57. The van der Waals surface area contributed by atoms with E-state index in [0.29, 0.717) is 27.9 Å². The van der Waals surface area contributed by atoms with Crippen molar-refractivity contribution in [1.29, 1.82) is 0 Å². The molecule has 6 nitrogen and oxygen atoms in total. The Labute approximate surface area is 239 Å². The zero-order valence-electron chi connectivity index (χ0n) is 19.9. The first-order valence-corrected chi connectivity index (χ1v) is 14.3. The van der Waals surface area contributed by atoms with E-state index in [0.717, 1.165) is 34.2 Å². The molecule has 0 saturated carbocycles. The summed E-state index contributed by atoms with van der Waals surface area (Å²) >= 11 is 15.1. The molecular formula is C28H26Cl2IN3O3. The van der Waals surface area contributed by atoms with Gasteiger partial charge in [0.25, 0.3) is 0 Å². The van der Waals surface area contributed by atoms with Crippen molar-refractivity contribution in [2.45, 2.75) is 36.8 Å². The fourth-order valence-electron chi connectivity index (χ4n) is 6.40. The number of rotatable bonds is 4. The lowest BCUT2D eigenvalue weighted by atomic mass is 9.57. The highest BCUT2D eigenvalue weighted by Crippen LogP contribution is 2.58. The minimum Gasteiger partial charge on any atom is -0.489 e. The van der Waals surface area contributed by atoms with Gasteiger partial charge in [-0.05, 0) is 95.8 Å². The second-order valence-corrected chi connectivity index (χ2v) is 12.3. The van der Waals surface area contributed by atoms with Gasteiger partial charge in [-0.15, -0.1) is 0 Å². The number of halogens is 3. The summed E-state index contributed by atoms with van der Waals surface area (Å²) in [7, 11) is 0. The molecule has 37 heavy (non-hydrogen) atoms. The number of carbonyl (C=O) groups is 2. The van der Waals surface area contributed by atoms with Crippen molar-refractivity contribution in [1.82, 2.24) is 10.6 Å². The van der Waals surface area contributed by atoms with Gasteiger partial charge in [0.1, 0.15) is 17.3 Å². The first-order valence-electron chi connectivity index (χ1n) is 12.5. The van der Waals surface area contributed by atoms with Gasteiger partial charge >= 0.3 is 0 Å². The Bertz CT molecular complexity index is 1340. The van der Waals surface area contributed by atoms with Gasteiger partial charge in [0.15, 0.2) is 0 Å². The van der Waals surface area contributed by atoms with Crippen molar-refractivity contribution in [3.05, 3.63) is 79.4 Å². The molecule has 2 unspecified atom stereocenters. The van der Waals surface area contributed by atoms with Crippen LogP contribution in [0.4, 0.5) is 5.69 Å². The molecule has 2 saturated heterocycles. The highest BCUT2D eigenvalue weighted by Gasteiger charge is 2.62. The van der Waals surface area contributed by atoms with Crippen LogP contribution in [0.15, 0.2) is 59.7 Å². The first kappa shape index (κ1) is 25.2. The summed E-state index contributed by atoms with van der Waals surface area (Å²) in [5, 5.41) is 10.9. The molecular weight excluding hydrogens is 624 g/mol. The molecule has 3 heterocycles. The summed E-state index contributed by atoms with van der Waals surface area (Å²) in [5.41, 5.74) is 1.24. The maximum absolute atomic E-state index is 14.3. The number of ether oxygens (including phenoxy) is 1. The van der Waals surface area contributed by atoms with Gasteiger partial charge in [-0.1, -0.05) is 41.4 Å². The predicted molar refractivity (Wildman–Crippen MR) is 153 cm³/mol. The highest BCUT2D eigenvalue weighted by atomic mass is 127. The standard InChI is InChI=1S/C28H26Cl2IN3O3/c29-16-3-1-2-15(10-16)22-13-25(35)34-26(28(22)21-6-4-17(30)11-23(21)33-27(28)36)20-12-18(31)5-7-24(20)37-19-8-9-32-14-19/h1-7,11-12,15,19,22,26,32H,8-10,13-14H2,(H,33,36)(H,34,35)/t15?,19?,22-,26-,28-/m0/s1. The Morgan fingerprint density at radius 3 is 2.73 bits per heavy atom. The Kier molecular flexibility index (Phi) is 6.76. The van der Waals surface area contributed by atoms with Crippen molar-refractivity contribution in [3.63, 3.8) is 0 Å². The smallest absolute Gasteiger partial charge is 0.237 e. The number of anilines is 1. The highest BCUT2D eigenvalue weighted by molar-refractivity contribution is 14.1. The summed E-state index contributed by atoms with van der Waals surface area (Å²) in [6.45, 7) is 1.66. The topological polar surface area (TPSA) is 79.5 Å². The quantitative estimate of drug-likeness (QED) is 0.385. The summed E-state index contributed by atoms with van der Waals surface area (Å²) in [6, 6.07) is 10.9. The van der Waals surface area contributed by atoms with Crippen molar-refractivity contribution in [2.75, 3.05) is 18.4 Å². The van der Waals surface area contributed by atoms with Crippen molar-refractivity contribution in [2.24, 2.45) is 11.8 Å². The lowest BCUT2D eigenvalue weighted by Gasteiger charge is -2.49. The van der Waals surface area contributed by atoms with Crippen LogP contribution in [0, 0.1) is 15.4 Å². The van der Waals surface area contributed by atoms with E-state index in [-0.39, 0.29) is 36.2 Å². The Hall–Kier alpha value is -2.07. The molecule has 0 aromatic heterocycles. The van der Waals surface area contributed by atoms with E-state index in [1.165, 1.54) is 0 Å². The molecule has 0 radical (unpaired) electrons. The van der Waals surface area contributed by atoms with Crippen molar-refractivity contribution in [3.8, 4) is 5.75 Å². The molecule has 192 valence electrons. The number of hydrogen-bond acceptors (Lipinski definition) is 4. The third kappa shape index (κ3) is 4.37. The lowest BCUT2D eigenvalue weighted by molar-refractivity contribution is -0.135. The van der Waals surface area contributed by atoms with Gasteiger partial charge in [0.2, 0.25) is 11.8 Å². The van der Waals surface area contributed by atoms with Crippen LogP contribution in [-0.2, 0) is 15.0 Å². The van der Waals surface area contributed by atoms with Crippen LogP contribution < -0.4 is 20.7 Å². The number of amides is 2. The minimum absolute atomic E-state index is 0.0265. The molecule has 2 aromatic rings.